The highest BCUT2D eigenvalue weighted by Crippen LogP contribution is 2.09. The van der Waals surface area contributed by atoms with Crippen LogP contribution in [0.15, 0.2) is 0 Å². The van der Waals surface area contributed by atoms with Gasteiger partial charge in [-0.1, -0.05) is 0 Å². The highest BCUT2D eigenvalue weighted by molar-refractivity contribution is 5.92. The Kier molecular flexibility index (Phi) is 2.18. The van der Waals surface area contributed by atoms with Gasteiger partial charge in [0.1, 0.15) is 17.3 Å². The minimum atomic E-state index is -0.780. The minimum Gasteiger partial charge on any atom is -0.381 e. The summed E-state index contributed by atoms with van der Waals surface area (Å²) in [6.45, 7) is 0. The predicted octanol–water partition coefficient (Wildman–Crippen LogP) is -1.30. The summed E-state index contributed by atoms with van der Waals surface area (Å²) in [5, 5.41) is 14.5. The van der Waals surface area contributed by atoms with Crippen LogP contribution in [-0.2, 0) is 4.79 Å². The van der Waals surface area contributed by atoms with Crippen LogP contribution in [0.2, 0.25) is 0 Å². The summed E-state index contributed by atoms with van der Waals surface area (Å²) < 4.78 is 0. The highest BCUT2D eigenvalue weighted by atomic mass is 16.1. The van der Waals surface area contributed by atoms with E-state index in [4.69, 9.17) is 16.7 Å². The molecule has 6 nitrogen and oxygen atoms in total. The lowest BCUT2D eigenvalue weighted by Gasteiger charge is -1.81. The molecular formula is C7H5N5O. The number of nitrogens with one attached hydrogen (secondary N) is 1. The number of nitrogens with two attached hydrogens (primary N) is 2. The molecule has 0 aromatic carbocycles. The molecule has 6 heteroatoms. The van der Waals surface area contributed by atoms with E-state index in [9.17, 15) is 4.79 Å². The Labute approximate surface area is 73.5 Å². The Balaban J connectivity index is 3.13. The number of primary amides is 1. The van der Waals surface area contributed by atoms with Crippen LogP contribution in [0.1, 0.15) is 11.3 Å². The predicted molar refractivity (Wildman–Crippen MR) is 43.8 cm³/mol. The Bertz CT molecular complexity index is 442. The van der Waals surface area contributed by atoms with Crippen LogP contribution in [-0.4, -0.2) is 16.1 Å². The third-order valence-electron chi connectivity index (χ3n) is 1.22. The van der Waals surface area contributed by atoms with E-state index in [1.54, 1.807) is 6.07 Å². The van der Waals surface area contributed by atoms with Gasteiger partial charge in [-0.3, -0.25) is 9.89 Å². The zero-order valence-electron chi connectivity index (χ0n) is 6.46. The van der Waals surface area contributed by atoms with Gasteiger partial charge in [-0.25, -0.2) is 0 Å². The first kappa shape index (κ1) is 8.62. The molecule has 0 bridgehead atoms. The van der Waals surface area contributed by atoms with Crippen molar-refractivity contribution < 1.29 is 4.79 Å². The second-order valence-corrected chi connectivity index (χ2v) is 2.08. The van der Waals surface area contributed by atoms with Crippen LogP contribution in [0.5, 0.6) is 0 Å². The minimum absolute atomic E-state index is 0.0521. The van der Waals surface area contributed by atoms with Crippen LogP contribution in [0.3, 0.4) is 0 Å². The molecule has 1 amide bonds. The van der Waals surface area contributed by atoms with Crippen molar-refractivity contribution in [2.45, 2.75) is 0 Å². The second kappa shape index (κ2) is 3.28. The first-order valence-electron chi connectivity index (χ1n) is 3.20. The Hall–Kier alpha value is -2.47. The zero-order chi connectivity index (χ0) is 9.84. The molecule has 0 aliphatic heterocycles. The fraction of sp³-hybridized carbons (Fsp3) is 0. The number of nitrogen functional groups attached to an aromatic ring is 1. The molecule has 5 N–H and O–H groups in total. The molecule has 64 valence electrons. The summed E-state index contributed by atoms with van der Waals surface area (Å²) in [7, 11) is 0. The van der Waals surface area contributed by atoms with E-state index in [1.807, 2.05) is 0 Å². The lowest BCUT2D eigenvalue weighted by Crippen LogP contribution is -2.06. The number of nitriles is 1. The number of carbonyl (C=O) groups is 1. The fourth-order valence-electron chi connectivity index (χ4n) is 0.684. The average Bonchev–Trinajstić information content (AvgIpc) is 2.42. The molecule has 1 heterocycles. The standard InChI is InChI=1S/C7H5N5O/c8-3-4-5(1-2-6(9)13)11-12-7(4)10/h(H2,9,13)(H3,10,11,12). The van der Waals surface area contributed by atoms with Crippen LogP contribution in [0, 0.1) is 23.2 Å². The third kappa shape index (κ3) is 1.76. The SMILES string of the molecule is N#Cc1c(N)n[nH]c1C#CC(N)=O. The van der Waals surface area contributed by atoms with E-state index in [0.29, 0.717) is 0 Å². The average molecular weight is 175 g/mol. The second-order valence-electron chi connectivity index (χ2n) is 2.08. The first-order chi connectivity index (χ1) is 6.15. The van der Waals surface area contributed by atoms with Crippen molar-refractivity contribution in [3.8, 4) is 17.9 Å². The van der Waals surface area contributed by atoms with E-state index in [2.05, 4.69) is 22.0 Å². The normalized spacial score (nSPS) is 8.23. The van der Waals surface area contributed by atoms with Crippen molar-refractivity contribution in [2.24, 2.45) is 5.73 Å². The highest BCUT2D eigenvalue weighted by Gasteiger charge is 2.06. The number of carbonyl (C=O) groups excluding carboxylic acids is 1. The molecule has 1 aromatic heterocycles. The number of anilines is 1. The summed E-state index contributed by atoms with van der Waals surface area (Å²) in [6.07, 6.45) is 0. The number of rotatable bonds is 0. The Morgan fingerprint density at radius 1 is 1.62 bits per heavy atom. The van der Waals surface area contributed by atoms with Gasteiger partial charge in [0, 0.05) is 5.92 Å². The zero-order valence-corrected chi connectivity index (χ0v) is 6.46. The van der Waals surface area contributed by atoms with Crippen molar-refractivity contribution in [1.82, 2.24) is 10.2 Å². The number of amides is 1. The van der Waals surface area contributed by atoms with Gasteiger partial charge in [0.15, 0.2) is 5.82 Å². The molecule has 0 saturated carbocycles. The topological polar surface area (TPSA) is 122 Å². The van der Waals surface area contributed by atoms with E-state index in [1.165, 1.54) is 0 Å². The summed E-state index contributed by atoms with van der Waals surface area (Å²) in [5.41, 5.74) is 10.4. The molecule has 13 heavy (non-hydrogen) atoms. The van der Waals surface area contributed by atoms with Gasteiger partial charge in [-0.15, -0.1) is 0 Å². The van der Waals surface area contributed by atoms with Crippen LogP contribution >= 0.6 is 0 Å². The molecule has 0 saturated heterocycles. The van der Waals surface area contributed by atoms with Gasteiger partial charge in [0.2, 0.25) is 0 Å². The molecule has 1 aromatic rings. The largest absolute Gasteiger partial charge is 0.381 e. The first-order valence-corrected chi connectivity index (χ1v) is 3.20. The molecular weight excluding hydrogens is 170 g/mol. The summed E-state index contributed by atoms with van der Waals surface area (Å²) in [5.74, 6) is 3.67. The number of aromatic amines is 1. The summed E-state index contributed by atoms with van der Waals surface area (Å²) in [6, 6.07) is 1.79. The maximum atomic E-state index is 10.3. The number of nitrogens with zero attached hydrogens (tertiary/aromatic N) is 2. The quantitative estimate of drug-likeness (QED) is 0.424. The maximum Gasteiger partial charge on any atom is 0.293 e. The molecule has 0 atom stereocenters. The smallest absolute Gasteiger partial charge is 0.293 e. The Morgan fingerprint density at radius 2 is 2.31 bits per heavy atom. The fourth-order valence-corrected chi connectivity index (χ4v) is 0.684. The van der Waals surface area contributed by atoms with E-state index >= 15 is 0 Å². The van der Waals surface area contributed by atoms with Gasteiger partial charge >= 0.3 is 0 Å². The third-order valence-corrected chi connectivity index (χ3v) is 1.22. The Morgan fingerprint density at radius 3 is 2.85 bits per heavy atom. The van der Waals surface area contributed by atoms with E-state index < -0.39 is 5.91 Å². The molecule has 0 fully saturated rings. The molecule has 0 radical (unpaired) electrons. The monoisotopic (exact) mass is 175 g/mol. The molecule has 1 rings (SSSR count). The van der Waals surface area contributed by atoms with Crippen LogP contribution < -0.4 is 11.5 Å². The number of hydrogen-bond acceptors (Lipinski definition) is 4. The van der Waals surface area contributed by atoms with Crippen molar-refractivity contribution >= 4 is 11.7 Å². The van der Waals surface area contributed by atoms with Gasteiger partial charge in [0.05, 0.1) is 0 Å². The summed E-state index contributed by atoms with van der Waals surface area (Å²) >= 11 is 0. The molecule has 0 aliphatic rings. The number of hydrogen-bond donors (Lipinski definition) is 3. The number of aromatic nitrogens is 2. The lowest BCUT2D eigenvalue weighted by atomic mass is 10.2. The molecule has 0 unspecified atom stereocenters. The van der Waals surface area contributed by atoms with Gasteiger partial charge in [-0.05, 0) is 5.92 Å². The molecule has 0 aliphatic carbocycles. The van der Waals surface area contributed by atoms with Crippen molar-refractivity contribution in [2.75, 3.05) is 5.73 Å². The van der Waals surface area contributed by atoms with E-state index in [-0.39, 0.29) is 17.1 Å². The summed E-state index contributed by atoms with van der Waals surface area (Å²) in [4.78, 5) is 10.3. The lowest BCUT2D eigenvalue weighted by molar-refractivity contribution is -0.112. The van der Waals surface area contributed by atoms with Crippen molar-refractivity contribution in [1.29, 1.82) is 5.26 Å². The van der Waals surface area contributed by atoms with Crippen LogP contribution in [0.4, 0.5) is 5.82 Å². The van der Waals surface area contributed by atoms with Gasteiger partial charge < -0.3 is 11.5 Å². The van der Waals surface area contributed by atoms with Gasteiger partial charge in [-0.2, -0.15) is 10.4 Å². The van der Waals surface area contributed by atoms with E-state index in [0.717, 1.165) is 0 Å². The van der Waals surface area contributed by atoms with Crippen molar-refractivity contribution in [3.63, 3.8) is 0 Å². The van der Waals surface area contributed by atoms with Crippen LogP contribution in [0.25, 0.3) is 0 Å². The van der Waals surface area contributed by atoms with Gasteiger partial charge in [0.25, 0.3) is 5.91 Å². The van der Waals surface area contributed by atoms with Crippen molar-refractivity contribution in [3.05, 3.63) is 11.3 Å². The molecule has 0 spiro atoms. The number of H-pyrrole nitrogens is 1. The maximum absolute atomic E-state index is 10.3.